The van der Waals surface area contributed by atoms with Crippen LogP contribution in [-0.4, -0.2) is 29.8 Å². The van der Waals surface area contributed by atoms with E-state index in [0.717, 1.165) is 0 Å². The summed E-state index contributed by atoms with van der Waals surface area (Å²) < 4.78 is 0. The van der Waals surface area contributed by atoms with Crippen molar-refractivity contribution in [3.05, 3.63) is 33.9 Å². The van der Waals surface area contributed by atoms with Crippen LogP contribution in [0.2, 0.25) is 0 Å². The highest BCUT2D eigenvalue weighted by atomic mass is 16.6. The highest BCUT2D eigenvalue weighted by molar-refractivity contribution is 6.00. The molecule has 0 unspecified atom stereocenters. The number of anilines is 1. The van der Waals surface area contributed by atoms with Crippen LogP contribution < -0.4 is 5.73 Å². The van der Waals surface area contributed by atoms with Gasteiger partial charge in [-0.25, -0.2) is 0 Å². The minimum absolute atomic E-state index is 0.0961. The minimum Gasteiger partial charge on any atom is -0.393 e. The Kier molecular flexibility index (Phi) is 2.89. The molecule has 6 nitrogen and oxygen atoms in total. The normalized spacial score (nSPS) is 9.73. The van der Waals surface area contributed by atoms with Crippen LogP contribution in [0.4, 0.5) is 11.4 Å². The Bertz CT molecular complexity index is 415. The second kappa shape index (κ2) is 3.95. The fourth-order valence-corrected chi connectivity index (χ4v) is 1.14. The van der Waals surface area contributed by atoms with E-state index in [-0.39, 0.29) is 22.8 Å². The molecular weight excluding hydrogens is 198 g/mol. The van der Waals surface area contributed by atoms with Crippen molar-refractivity contribution in [2.24, 2.45) is 0 Å². The number of carbonyl (C=O) groups is 1. The molecular formula is C9H11N3O3. The van der Waals surface area contributed by atoms with E-state index in [4.69, 9.17) is 5.73 Å². The fourth-order valence-electron chi connectivity index (χ4n) is 1.14. The van der Waals surface area contributed by atoms with Crippen molar-refractivity contribution >= 4 is 17.3 Å². The summed E-state index contributed by atoms with van der Waals surface area (Å²) in [5.41, 5.74) is 5.34. The van der Waals surface area contributed by atoms with Crippen molar-refractivity contribution in [1.82, 2.24) is 4.90 Å². The van der Waals surface area contributed by atoms with Crippen LogP contribution in [0.3, 0.4) is 0 Å². The van der Waals surface area contributed by atoms with Crippen LogP contribution in [0.25, 0.3) is 0 Å². The third-order valence-electron chi connectivity index (χ3n) is 1.92. The summed E-state index contributed by atoms with van der Waals surface area (Å²) in [6.45, 7) is 0. The second-order valence-corrected chi connectivity index (χ2v) is 3.20. The lowest BCUT2D eigenvalue weighted by atomic mass is 10.1. The molecule has 2 N–H and O–H groups in total. The van der Waals surface area contributed by atoms with Gasteiger partial charge in [-0.15, -0.1) is 0 Å². The van der Waals surface area contributed by atoms with E-state index in [2.05, 4.69) is 0 Å². The first kappa shape index (κ1) is 11.0. The summed E-state index contributed by atoms with van der Waals surface area (Å²) in [4.78, 5) is 22.8. The number of nitrogen functional groups attached to an aromatic ring is 1. The van der Waals surface area contributed by atoms with Gasteiger partial charge in [-0.1, -0.05) is 6.07 Å². The summed E-state index contributed by atoms with van der Waals surface area (Å²) in [5.74, 6) is -0.351. The predicted octanol–water partition coefficient (Wildman–Crippen LogP) is 0.879. The standard InChI is InChI=1S/C9H11N3O3/c1-11(2)9(13)6-4-3-5-7(8(6)10)12(14)15/h3-5H,10H2,1-2H3. The molecule has 0 aromatic heterocycles. The lowest BCUT2D eigenvalue weighted by Crippen LogP contribution is -2.23. The van der Waals surface area contributed by atoms with Crippen molar-refractivity contribution in [2.75, 3.05) is 19.8 Å². The molecule has 0 radical (unpaired) electrons. The van der Waals surface area contributed by atoms with E-state index in [1.807, 2.05) is 0 Å². The summed E-state index contributed by atoms with van der Waals surface area (Å²) in [5, 5.41) is 10.6. The molecule has 80 valence electrons. The maximum Gasteiger partial charge on any atom is 0.292 e. The molecule has 0 aliphatic rings. The van der Waals surface area contributed by atoms with Crippen molar-refractivity contribution in [3.63, 3.8) is 0 Å². The third kappa shape index (κ3) is 2.04. The molecule has 0 bridgehead atoms. The quantitative estimate of drug-likeness (QED) is 0.444. The highest BCUT2D eigenvalue weighted by Gasteiger charge is 2.19. The first-order valence-corrected chi connectivity index (χ1v) is 4.19. The molecule has 0 aliphatic heterocycles. The molecule has 1 rings (SSSR count). The van der Waals surface area contributed by atoms with Crippen LogP contribution in [0.15, 0.2) is 18.2 Å². The molecule has 1 amide bonds. The zero-order chi connectivity index (χ0) is 11.6. The van der Waals surface area contributed by atoms with Crippen LogP contribution in [-0.2, 0) is 0 Å². The number of rotatable bonds is 2. The number of amides is 1. The monoisotopic (exact) mass is 209 g/mol. The molecule has 0 aliphatic carbocycles. The molecule has 1 aromatic rings. The molecule has 0 saturated heterocycles. The molecule has 0 fully saturated rings. The van der Waals surface area contributed by atoms with Crippen molar-refractivity contribution < 1.29 is 9.72 Å². The van der Waals surface area contributed by atoms with Crippen LogP contribution >= 0.6 is 0 Å². The Morgan fingerprint density at radius 2 is 2.07 bits per heavy atom. The van der Waals surface area contributed by atoms with Gasteiger partial charge in [0.05, 0.1) is 10.5 Å². The Morgan fingerprint density at radius 1 is 1.47 bits per heavy atom. The van der Waals surface area contributed by atoms with Crippen molar-refractivity contribution in [3.8, 4) is 0 Å². The van der Waals surface area contributed by atoms with Gasteiger partial charge in [-0.05, 0) is 6.07 Å². The van der Waals surface area contributed by atoms with Gasteiger partial charge in [0.2, 0.25) is 0 Å². The third-order valence-corrected chi connectivity index (χ3v) is 1.92. The van der Waals surface area contributed by atoms with Crippen molar-refractivity contribution in [1.29, 1.82) is 0 Å². The van der Waals surface area contributed by atoms with Gasteiger partial charge in [0.25, 0.3) is 11.6 Å². The lowest BCUT2D eigenvalue weighted by molar-refractivity contribution is -0.383. The van der Waals surface area contributed by atoms with Crippen LogP contribution in [0.1, 0.15) is 10.4 Å². The summed E-state index contributed by atoms with van der Waals surface area (Å²) >= 11 is 0. The molecule has 6 heteroatoms. The summed E-state index contributed by atoms with van der Waals surface area (Å²) in [6, 6.07) is 4.16. The summed E-state index contributed by atoms with van der Waals surface area (Å²) in [7, 11) is 3.11. The number of benzene rings is 1. The second-order valence-electron chi connectivity index (χ2n) is 3.20. The summed E-state index contributed by atoms with van der Waals surface area (Å²) in [6.07, 6.45) is 0. The Labute approximate surface area is 86.4 Å². The average Bonchev–Trinajstić information content (AvgIpc) is 2.16. The van der Waals surface area contributed by atoms with E-state index in [9.17, 15) is 14.9 Å². The SMILES string of the molecule is CN(C)C(=O)c1cccc([N+](=O)[O-])c1N. The van der Waals surface area contributed by atoms with Crippen LogP contribution in [0, 0.1) is 10.1 Å². The fraction of sp³-hybridized carbons (Fsp3) is 0.222. The number of hydrogen-bond acceptors (Lipinski definition) is 4. The maximum atomic E-state index is 11.6. The molecule has 0 atom stereocenters. The lowest BCUT2D eigenvalue weighted by Gasteiger charge is -2.11. The molecule has 1 aromatic carbocycles. The number of carbonyl (C=O) groups excluding carboxylic acids is 1. The number of hydrogen-bond donors (Lipinski definition) is 1. The number of para-hydroxylation sites is 1. The molecule has 0 heterocycles. The zero-order valence-electron chi connectivity index (χ0n) is 8.43. The van der Waals surface area contributed by atoms with E-state index in [1.54, 1.807) is 14.1 Å². The number of nitrogens with two attached hydrogens (primary N) is 1. The van der Waals surface area contributed by atoms with Gasteiger partial charge in [0.1, 0.15) is 5.69 Å². The van der Waals surface area contributed by atoms with Gasteiger partial charge in [-0.3, -0.25) is 14.9 Å². The highest BCUT2D eigenvalue weighted by Crippen LogP contribution is 2.25. The van der Waals surface area contributed by atoms with E-state index < -0.39 is 4.92 Å². The van der Waals surface area contributed by atoms with Crippen LogP contribution in [0.5, 0.6) is 0 Å². The van der Waals surface area contributed by atoms with Gasteiger partial charge in [0, 0.05) is 20.2 Å². The van der Waals surface area contributed by atoms with Gasteiger partial charge >= 0.3 is 0 Å². The van der Waals surface area contributed by atoms with E-state index in [0.29, 0.717) is 0 Å². The zero-order valence-corrected chi connectivity index (χ0v) is 8.43. The smallest absolute Gasteiger partial charge is 0.292 e. The first-order chi connectivity index (χ1) is 6.95. The minimum atomic E-state index is -0.609. The van der Waals surface area contributed by atoms with Gasteiger partial charge < -0.3 is 10.6 Å². The molecule has 0 saturated carbocycles. The van der Waals surface area contributed by atoms with Crippen molar-refractivity contribution in [2.45, 2.75) is 0 Å². The van der Waals surface area contributed by atoms with E-state index >= 15 is 0 Å². The van der Waals surface area contributed by atoms with Gasteiger partial charge in [-0.2, -0.15) is 0 Å². The largest absolute Gasteiger partial charge is 0.393 e. The average molecular weight is 209 g/mol. The Balaban J connectivity index is 3.27. The number of nitrogens with zero attached hydrogens (tertiary/aromatic N) is 2. The molecule has 0 spiro atoms. The number of nitro groups is 1. The Morgan fingerprint density at radius 3 is 2.53 bits per heavy atom. The topological polar surface area (TPSA) is 89.5 Å². The van der Waals surface area contributed by atoms with E-state index in [1.165, 1.54) is 23.1 Å². The predicted molar refractivity (Wildman–Crippen MR) is 55.5 cm³/mol. The number of nitro benzene ring substituents is 1. The molecule has 15 heavy (non-hydrogen) atoms. The Hall–Kier alpha value is -2.11. The van der Waals surface area contributed by atoms with Gasteiger partial charge in [0.15, 0.2) is 0 Å². The first-order valence-electron chi connectivity index (χ1n) is 4.19. The maximum absolute atomic E-state index is 11.6.